The number of carbonyl (C=O) groups excluding carboxylic acids is 1. The molecular formula is C16H24N2O2. The van der Waals surface area contributed by atoms with Crippen molar-refractivity contribution in [3.8, 4) is 0 Å². The highest BCUT2D eigenvalue weighted by Crippen LogP contribution is 2.25. The summed E-state index contributed by atoms with van der Waals surface area (Å²) >= 11 is 0. The van der Waals surface area contributed by atoms with Gasteiger partial charge in [0.1, 0.15) is 0 Å². The van der Waals surface area contributed by atoms with Gasteiger partial charge in [-0.25, -0.2) is 0 Å². The smallest absolute Gasteiger partial charge is 0.227 e. The molecule has 0 radical (unpaired) electrons. The molecule has 0 aromatic heterocycles. The van der Waals surface area contributed by atoms with E-state index in [9.17, 15) is 9.90 Å². The average molecular weight is 276 g/mol. The lowest BCUT2D eigenvalue weighted by atomic mass is 9.94. The minimum absolute atomic E-state index is 0.0875. The molecular weight excluding hydrogens is 252 g/mol. The molecule has 0 bridgehead atoms. The summed E-state index contributed by atoms with van der Waals surface area (Å²) in [6.45, 7) is 5.04. The van der Waals surface area contributed by atoms with E-state index in [1.165, 1.54) is 0 Å². The van der Waals surface area contributed by atoms with Gasteiger partial charge in [-0.1, -0.05) is 37.3 Å². The fourth-order valence-electron chi connectivity index (χ4n) is 2.79. The number of carbonyl (C=O) groups is 1. The lowest BCUT2D eigenvalue weighted by molar-refractivity contribution is -0.134. The molecule has 20 heavy (non-hydrogen) atoms. The van der Waals surface area contributed by atoms with Crippen LogP contribution in [0.5, 0.6) is 0 Å². The summed E-state index contributed by atoms with van der Waals surface area (Å²) in [6, 6.07) is 9.44. The van der Waals surface area contributed by atoms with Gasteiger partial charge in [0.05, 0.1) is 12.0 Å². The van der Waals surface area contributed by atoms with Crippen molar-refractivity contribution in [3.05, 3.63) is 35.9 Å². The summed E-state index contributed by atoms with van der Waals surface area (Å²) in [4.78, 5) is 14.3. The van der Waals surface area contributed by atoms with E-state index in [0.29, 0.717) is 6.54 Å². The zero-order chi connectivity index (χ0) is 14.7. The van der Waals surface area contributed by atoms with Gasteiger partial charge in [-0.2, -0.15) is 0 Å². The van der Waals surface area contributed by atoms with Crippen molar-refractivity contribution in [3.63, 3.8) is 0 Å². The van der Waals surface area contributed by atoms with Crippen molar-refractivity contribution in [2.24, 2.45) is 17.6 Å². The predicted molar refractivity (Wildman–Crippen MR) is 78.9 cm³/mol. The Bertz CT molecular complexity index is 447. The first kappa shape index (κ1) is 15.0. The summed E-state index contributed by atoms with van der Waals surface area (Å²) in [5, 5.41) is 9.61. The molecule has 1 saturated heterocycles. The minimum atomic E-state index is -0.356. The van der Waals surface area contributed by atoms with Crippen LogP contribution in [0.25, 0.3) is 0 Å². The number of aliphatic hydroxyl groups excluding tert-OH is 1. The number of rotatable bonds is 4. The number of amides is 1. The van der Waals surface area contributed by atoms with E-state index >= 15 is 0 Å². The maximum atomic E-state index is 12.5. The van der Waals surface area contributed by atoms with E-state index in [1.807, 2.05) is 42.2 Å². The molecule has 1 aliphatic rings. The number of hydrogen-bond donors (Lipinski definition) is 2. The summed E-state index contributed by atoms with van der Waals surface area (Å²) in [5.41, 5.74) is 7.19. The molecule has 4 atom stereocenters. The van der Waals surface area contributed by atoms with E-state index in [0.717, 1.165) is 18.5 Å². The zero-order valence-electron chi connectivity index (χ0n) is 12.2. The molecule has 110 valence electrons. The molecule has 1 aromatic rings. The Kier molecular flexibility index (Phi) is 4.78. The van der Waals surface area contributed by atoms with E-state index in [-0.39, 0.29) is 29.9 Å². The Hall–Kier alpha value is -1.39. The average Bonchev–Trinajstić information content (AvgIpc) is 2.96. The number of aliphatic hydroxyl groups is 1. The Morgan fingerprint density at radius 1 is 1.35 bits per heavy atom. The lowest BCUT2D eigenvalue weighted by Gasteiger charge is -2.25. The number of nitrogens with two attached hydrogens (primary N) is 1. The molecule has 4 heteroatoms. The first-order valence-electron chi connectivity index (χ1n) is 7.28. The van der Waals surface area contributed by atoms with Gasteiger partial charge in [0.2, 0.25) is 5.91 Å². The highest BCUT2D eigenvalue weighted by Gasteiger charge is 2.33. The van der Waals surface area contributed by atoms with Gasteiger partial charge in [-0.05, 0) is 18.9 Å². The molecule has 0 spiro atoms. The molecule has 2 rings (SSSR count). The van der Waals surface area contributed by atoms with E-state index in [4.69, 9.17) is 5.73 Å². The summed E-state index contributed by atoms with van der Waals surface area (Å²) < 4.78 is 0. The lowest BCUT2D eigenvalue weighted by Crippen LogP contribution is -2.38. The minimum Gasteiger partial charge on any atom is -0.393 e. The van der Waals surface area contributed by atoms with Gasteiger partial charge >= 0.3 is 0 Å². The molecule has 0 aliphatic carbocycles. The molecule has 1 amide bonds. The molecule has 1 heterocycles. The maximum absolute atomic E-state index is 12.5. The standard InChI is InChI=1S/C16H24N2O2/c1-11(15(17)13-6-4-3-5-7-13)16(20)18-9-8-14(10-18)12(2)19/h3-7,11-12,14-15,19H,8-10,17H2,1-2H3. The summed E-state index contributed by atoms with van der Waals surface area (Å²) in [7, 11) is 0. The zero-order valence-corrected chi connectivity index (χ0v) is 12.2. The van der Waals surface area contributed by atoms with Gasteiger partial charge < -0.3 is 15.7 Å². The normalized spacial score (nSPS) is 23.4. The van der Waals surface area contributed by atoms with Gasteiger partial charge in [-0.3, -0.25) is 4.79 Å². The fourth-order valence-corrected chi connectivity index (χ4v) is 2.79. The Balaban J connectivity index is 1.99. The summed E-state index contributed by atoms with van der Waals surface area (Å²) in [6.07, 6.45) is 0.516. The van der Waals surface area contributed by atoms with Gasteiger partial charge in [0.25, 0.3) is 0 Å². The van der Waals surface area contributed by atoms with Crippen LogP contribution in [0.1, 0.15) is 31.9 Å². The van der Waals surface area contributed by atoms with E-state index in [2.05, 4.69) is 0 Å². The van der Waals surface area contributed by atoms with Crippen LogP contribution in [0.4, 0.5) is 0 Å². The Morgan fingerprint density at radius 3 is 2.55 bits per heavy atom. The van der Waals surface area contributed by atoms with Crippen molar-refractivity contribution in [2.45, 2.75) is 32.4 Å². The van der Waals surface area contributed by atoms with Crippen LogP contribution in [0.15, 0.2) is 30.3 Å². The highest BCUT2D eigenvalue weighted by atomic mass is 16.3. The predicted octanol–water partition coefficient (Wildman–Crippen LogP) is 1.55. The first-order valence-corrected chi connectivity index (χ1v) is 7.28. The van der Waals surface area contributed by atoms with Crippen LogP contribution in [-0.4, -0.2) is 35.1 Å². The maximum Gasteiger partial charge on any atom is 0.227 e. The largest absolute Gasteiger partial charge is 0.393 e. The SMILES string of the molecule is CC(O)C1CCN(C(=O)C(C)C(N)c2ccccc2)C1. The molecule has 3 N–H and O–H groups in total. The van der Waals surface area contributed by atoms with E-state index in [1.54, 1.807) is 6.92 Å². The molecule has 4 unspecified atom stereocenters. The number of likely N-dealkylation sites (tertiary alicyclic amines) is 1. The molecule has 1 fully saturated rings. The van der Waals surface area contributed by atoms with Crippen molar-refractivity contribution in [2.75, 3.05) is 13.1 Å². The van der Waals surface area contributed by atoms with Crippen LogP contribution in [0.3, 0.4) is 0 Å². The second-order valence-corrected chi connectivity index (χ2v) is 5.80. The third kappa shape index (κ3) is 3.19. The number of nitrogens with zero attached hydrogens (tertiary/aromatic N) is 1. The van der Waals surface area contributed by atoms with Crippen molar-refractivity contribution < 1.29 is 9.90 Å². The van der Waals surface area contributed by atoms with Crippen molar-refractivity contribution in [1.29, 1.82) is 0 Å². The van der Waals surface area contributed by atoms with Crippen molar-refractivity contribution in [1.82, 2.24) is 4.90 Å². The van der Waals surface area contributed by atoms with Crippen LogP contribution >= 0.6 is 0 Å². The molecule has 1 aromatic carbocycles. The second-order valence-electron chi connectivity index (χ2n) is 5.80. The van der Waals surface area contributed by atoms with Crippen LogP contribution < -0.4 is 5.73 Å². The topological polar surface area (TPSA) is 66.6 Å². The fraction of sp³-hybridized carbons (Fsp3) is 0.562. The van der Waals surface area contributed by atoms with Crippen LogP contribution in [0, 0.1) is 11.8 Å². The van der Waals surface area contributed by atoms with Crippen LogP contribution in [-0.2, 0) is 4.79 Å². The number of hydrogen-bond acceptors (Lipinski definition) is 3. The molecule has 4 nitrogen and oxygen atoms in total. The quantitative estimate of drug-likeness (QED) is 0.877. The Labute approximate surface area is 120 Å². The van der Waals surface area contributed by atoms with Crippen molar-refractivity contribution >= 4 is 5.91 Å². The Morgan fingerprint density at radius 2 is 2.00 bits per heavy atom. The third-order valence-corrected chi connectivity index (χ3v) is 4.33. The summed E-state index contributed by atoms with van der Waals surface area (Å²) in [5.74, 6) is 0.0359. The van der Waals surface area contributed by atoms with Crippen LogP contribution in [0.2, 0.25) is 0 Å². The number of benzene rings is 1. The molecule has 0 saturated carbocycles. The monoisotopic (exact) mass is 276 g/mol. The van der Waals surface area contributed by atoms with E-state index < -0.39 is 0 Å². The second kappa shape index (κ2) is 6.37. The first-order chi connectivity index (χ1) is 9.50. The van der Waals surface area contributed by atoms with Gasteiger partial charge in [0, 0.05) is 25.0 Å². The highest BCUT2D eigenvalue weighted by molar-refractivity contribution is 5.79. The third-order valence-electron chi connectivity index (χ3n) is 4.33. The van der Waals surface area contributed by atoms with Gasteiger partial charge in [0.15, 0.2) is 0 Å². The van der Waals surface area contributed by atoms with Gasteiger partial charge in [-0.15, -0.1) is 0 Å². The molecule has 1 aliphatic heterocycles.